The third kappa shape index (κ3) is 2.13. The van der Waals surface area contributed by atoms with Gasteiger partial charge in [-0.1, -0.05) is 0 Å². The molecule has 17 heavy (non-hydrogen) atoms. The number of primary sulfonamides is 1. The Kier molecular flexibility index (Phi) is 2.84. The molecule has 2 aliphatic heterocycles. The number of amides is 3. The van der Waals surface area contributed by atoms with Crippen LogP contribution in [0.5, 0.6) is 0 Å². The van der Waals surface area contributed by atoms with Gasteiger partial charge in [0.25, 0.3) is 0 Å². The van der Waals surface area contributed by atoms with Crippen molar-refractivity contribution < 1.29 is 18.0 Å². The summed E-state index contributed by atoms with van der Waals surface area (Å²) in [6, 6.07) is -0.488. The van der Waals surface area contributed by atoms with E-state index in [9.17, 15) is 18.0 Å². The largest absolute Gasteiger partial charge is 0.325 e. The number of nitrogens with two attached hydrogens (primary N) is 1. The second-order valence-electron chi connectivity index (χ2n) is 4.31. The number of piperidine rings is 1. The van der Waals surface area contributed by atoms with E-state index in [2.05, 4.69) is 10.6 Å². The highest BCUT2D eigenvalue weighted by atomic mass is 32.2. The van der Waals surface area contributed by atoms with Crippen LogP contribution in [0, 0.1) is 5.92 Å². The maximum absolute atomic E-state index is 11.6. The summed E-state index contributed by atoms with van der Waals surface area (Å²) < 4.78 is 22.5. The van der Waals surface area contributed by atoms with Crippen LogP contribution < -0.4 is 15.8 Å². The summed E-state index contributed by atoms with van der Waals surface area (Å²) in [5.74, 6) is -1.05. The lowest BCUT2D eigenvalue weighted by Crippen LogP contribution is -2.67. The molecule has 2 rings (SSSR count). The minimum absolute atomic E-state index is 0.125. The maximum Gasteiger partial charge on any atom is 0.325 e. The minimum Gasteiger partial charge on any atom is -0.311 e. The molecular formula is C8H14N4O4S. The fourth-order valence-corrected chi connectivity index (χ4v) is 3.01. The molecule has 0 aromatic carbocycles. The van der Waals surface area contributed by atoms with Crippen molar-refractivity contribution in [2.24, 2.45) is 11.1 Å². The van der Waals surface area contributed by atoms with Gasteiger partial charge < -0.3 is 4.90 Å². The first-order chi connectivity index (χ1) is 7.80. The number of nitrogens with zero attached hydrogens (tertiary/aromatic N) is 1. The van der Waals surface area contributed by atoms with E-state index in [4.69, 9.17) is 5.14 Å². The topological polar surface area (TPSA) is 122 Å². The maximum atomic E-state index is 11.6. The third-order valence-corrected chi connectivity index (χ3v) is 4.51. The minimum atomic E-state index is -3.68. The number of fused-ring (bicyclic) bond motifs is 1. The molecular weight excluding hydrogens is 248 g/mol. The van der Waals surface area contributed by atoms with Gasteiger partial charge in [-0.2, -0.15) is 0 Å². The smallest absolute Gasteiger partial charge is 0.311 e. The van der Waals surface area contributed by atoms with E-state index in [0.717, 1.165) is 0 Å². The van der Waals surface area contributed by atoms with Crippen LogP contribution in [-0.4, -0.2) is 50.3 Å². The summed E-state index contributed by atoms with van der Waals surface area (Å²) in [5, 5.41) is 9.31. The van der Waals surface area contributed by atoms with Gasteiger partial charge in [0.05, 0.1) is 17.3 Å². The van der Waals surface area contributed by atoms with Crippen molar-refractivity contribution in [3.63, 3.8) is 0 Å². The fraction of sp³-hybridized carbons (Fsp3) is 0.750. The first kappa shape index (κ1) is 12.3. The first-order valence-electron chi connectivity index (χ1n) is 5.13. The van der Waals surface area contributed by atoms with Crippen molar-refractivity contribution >= 4 is 22.0 Å². The number of hydrogen-bond acceptors (Lipinski definition) is 5. The average Bonchev–Trinajstić information content (AvgIpc) is 2.24. The molecule has 0 spiro atoms. The number of imide groups is 1. The lowest BCUT2D eigenvalue weighted by Gasteiger charge is -2.43. The van der Waals surface area contributed by atoms with Crippen LogP contribution in [0.25, 0.3) is 0 Å². The zero-order chi connectivity index (χ0) is 12.8. The van der Waals surface area contributed by atoms with Crippen molar-refractivity contribution in [3.05, 3.63) is 0 Å². The van der Waals surface area contributed by atoms with Crippen LogP contribution in [0.1, 0.15) is 6.42 Å². The number of urea groups is 1. The zero-order valence-electron chi connectivity index (χ0n) is 9.21. The SMILES string of the molecule is CN1C(=O)NC(=O)C2CC(S(N)(=O)=O)CNC21. The molecule has 4 N–H and O–H groups in total. The first-order valence-corrected chi connectivity index (χ1v) is 6.74. The van der Waals surface area contributed by atoms with E-state index >= 15 is 0 Å². The van der Waals surface area contributed by atoms with Crippen molar-refractivity contribution in [2.75, 3.05) is 13.6 Å². The van der Waals surface area contributed by atoms with Crippen molar-refractivity contribution in [2.45, 2.75) is 17.8 Å². The number of nitrogens with one attached hydrogen (secondary N) is 2. The van der Waals surface area contributed by atoms with Gasteiger partial charge in [0.2, 0.25) is 15.9 Å². The standard InChI is InChI=1S/C8H14N4O4S/c1-12-6-5(7(13)11-8(12)14)2-4(3-10-6)17(9,15)16/h4-6,10H,2-3H2,1H3,(H2,9,15,16)(H,11,13,14). The Hall–Kier alpha value is -1.19. The second-order valence-corrected chi connectivity index (χ2v) is 6.16. The summed E-state index contributed by atoms with van der Waals surface area (Å²) in [6.45, 7) is 0.144. The molecule has 0 aromatic rings. The Morgan fingerprint density at radius 3 is 2.65 bits per heavy atom. The summed E-state index contributed by atoms with van der Waals surface area (Å²) in [5.41, 5.74) is 0. The van der Waals surface area contributed by atoms with Crippen LogP contribution in [0.4, 0.5) is 4.79 Å². The molecule has 2 aliphatic rings. The van der Waals surface area contributed by atoms with Crippen molar-refractivity contribution in [1.82, 2.24) is 15.5 Å². The van der Waals surface area contributed by atoms with E-state index in [-0.39, 0.29) is 13.0 Å². The predicted molar refractivity (Wildman–Crippen MR) is 58.1 cm³/mol. The fourth-order valence-electron chi connectivity index (χ4n) is 2.21. The van der Waals surface area contributed by atoms with E-state index in [1.54, 1.807) is 7.05 Å². The Morgan fingerprint density at radius 1 is 1.41 bits per heavy atom. The van der Waals surface area contributed by atoms with Gasteiger partial charge in [-0.15, -0.1) is 0 Å². The van der Waals surface area contributed by atoms with Crippen LogP contribution in [0.15, 0.2) is 0 Å². The summed E-state index contributed by atoms with van der Waals surface area (Å²) >= 11 is 0. The Bertz CT molecular complexity index is 462. The van der Waals surface area contributed by atoms with Gasteiger partial charge in [0.1, 0.15) is 0 Å². The Morgan fingerprint density at radius 2 is 2.06 bits per heavy atom. The van der Waals surface area contributed by atoms with Crippen LogP contribution in [0.2, 0.25) is 0 Å². The molecule has 0 radical (unpaired) electrons. The number of carbonyl (C=O) groups excluding carboxylic acids is 2. The van der Waals surface area contributed by atoms with E-state index < -0.39 is 39.3 Å². The van der Waals surface area contributed by atoms with Gasteiger partial charge in [-0.05, 0) is 6.42 Å². The quantitative estimate of drug-likeness (QED) is 0.493. The molecule has 8 nitrogen and oxygen atoms in total. The normalized spacial score (nSPS) is 34.2. The van der Waals surface area contributed by atoms with Crippen molar-refractivity contribution in [3.8, 4) is 0 Å². The second kappa shape index (κ2) is 3.93. The zero-order valence-corrected chi connectivity index (χ0v) is 10.0. The predicted octanol–water partition coefficient (Wildman–Crippen LogP) is -2.24. The van der Waals surface area contributed by atoms with E-state index in [1.807, 2.05) is 0 Å². The van der Waals surface area contributed by atoms with Gasteiger partial charge >= 0.3 is 6.03 Å². The van der Waals surface area contributed by atoms with Crippen LogP contribution in [0.3, 0.4) is 0 Å². The van der Waals surface area contributed by atoms with E-state index in [0.29, 0.717) is 0 Å². The number of rotatable bonds is 1. The van der Waals surface area contributed by atoms with Crippen LogP contribution >= 0.6 is 0 Å². The highest BCUT2D eigenvalue weighted by Crippen LogP contribution is 2.24. The summed E-state index contributed by atoms with van der Waals surface area (Å²) in [7, 11) is -2.13. The molecule has 0 bridgehead atoms. The lowest BCUT2D eigenvalue weighted by atomic mass is 9.92. The van der Waals surface area contributed by atoms with E-state index in [1.165, 1.54) is 4.90 Å². The lowest BCUT2D eigenvalue weighted by molar-refractivity contribution is -0.129. The molecule has 9 heteroatoms. The highest BCUT2D eigenvalue weighted by molar-refractivity contribution is 7.89. The average molecular weight is 262 g/mol. The van der Waals surface area contributed by atoms with Gasteiger partial charge in [-0.25, -0.2) is 18.4 Å². The molecule has 3 unspecified atom stereocenters. The van der Waals surface area contributed by atoms with Gasteiger partial charge in [0, 0.05) is 13.6 Å². The molecule has 0 aliphatic carbocycles. The Balaban J connectivity index is 2.21. The molecule has 0 aromatic heterocycles. The number of hydrogen-bond donors (Lipinski definition) is 3. The van der Waals surface area contributed by atoms with Crippen LogP contribution in [-0.2, 0) is 14.8 Å². The molecule has 3 atom stereocenters. The number of sulfonamides is 1. The number of carbonyl (C=O) groups is 2. The highest BCUT2D eigenvalue weighted by Gasteiger charge is 2.45. The molecule has 2 heterocycles. The molecule has 2 saturated heterocycles. The molecule has 3 amide bonds. The summed E-state index contributed by atoms with van der Waals surface area (Å²) in [4.78, 5) is 24.3. The molecule has 2 fully saturated rings. The summed E-state index contributed by atoms with van der Waals surface area (Å²) in [6.07, 6.45) is -0.339. The Labute approximate surface area is 98.6 Å². The van der Waals surface area contributed by atoms with Gasteiger partial charge in [-0.3, -0.25) is 15.4 Å². The monoisotopic (exact) mass is 262 g/mol. The van der Waals surface area contributed by atoms with Gasteiger partial charge in [0.15, 0.2) is 0 Å². The third-order valence-electron chi connectivity index (χ3n) is 3.22. The molecule has 0 saturated carbocycles. The van der Waals surface area contributed by atoms with Crippen molar-refractivity contribution in [1.29, 1.82) is 0 Å². The molecule has 96 valence electrons.